The van der Waals surface area contributed by atoms with Crippen LogP contribution in [0.5, 0.6) is 5.75 Å². The van der Waals surface area contributed by atoms with Gasteiger partial charge in [0.2, 0.25) is 0 Å². The average molecular weight is 232 g/mol. The molecule has 1 nitrogen and oxygen atoms in total. The molecule has 2 aromatic rings. The lowest BCUT2D eigenvalue weighted by Gasteiger charge is -2.24. The second kappa shape index (κ2) is 4.43. The molecule has 2 unspecified atom stereocenters. The van der Waals surface area contributed by atoms with E-state index in [4.69, 9.17) is 4.74 Å². The van der Waals surface area contributed by atoms with Crippen molar-refractivity contribution < 1.29 is 4.74 Å². The number of benzene rings is 2. The van der Waals surface area contributed by atoms with Crippen LogP contribution in [0.3, 0.4) is 0 Å². The minimum atomic E-state index is -0.178. The summed E-state index contributed by atoms with van der Waals surface area (Å²) in [5.74, 6) is 0.929. The van der Waals surface area contributed by atoms with Crippen LogP contribution in [0.25, 0.3) is 10.8 Å². The Hall–Kier alpha value is -1.07. The van der Waals surface area contributed by atoms with E-state index in [9.17, 15) is 0 Å². The SMILES string of the molecule is CCC(C)(P)Oc1ccc2ccccc2c1. The van der Waals surface area contributed by atoms with E-state index in [0.29, 0.717) is 0 Å². The van der Waals surface area contributed by atoms with E-state index in [1.165, 1.54) is 10.8 Å². The van der Waals surface area contributed by atoms with E-state index in [0.717, 1.165) is 12.2 Å². The topological polar surface area (TPSA) is 9.23 Å². The van der Waals surface area contributed by atoms with Crippen molar-refractivity contribution in [1.82, 2.24) is 0 Å². The van der Waals surface area contributed by atoms with Crippen molar-refractivity contribution in [1.29, 1.82) is 0 Å². The monoisotopic (exact) mass is 232 g/mol. The Morgan fingerprint density at radius 1 is 1.12 bits per heavy atom. The fraction of sp³-hybridized carbons (Fsp3) is 0.286. The third-order valence-electron chi connectivity index (χ3n) is 2.77. The first-order chi connectivity index (χ1) is 7.61. The Morgan fingerprint density at radius 2 is 1.81 bits per heavy atom. The lowest BCUT2D eigenvalue weighted by Crippen LogP contribution is -2.22. The minimum Gasteiger partial charge on any atom is -0.484 e. The summed E-state index contributed by atoms with van der Waals surface area (Å²) in [6, 6.07) is 14.5. The molecule has 0 amide bonds. The van der Waals surface area contributed by atoms with Crippen molar-refractivity contribution in [3.05, 3.63) is 42.5 Å². The number of hydrogen-bond donors (Lipinski definition) is 0. The summed E-state index contributed by atoms with van der Waals surface area (Å²) in [4.78, 5) is 0. The van der Waals surface area contributed by atoms with Crippen LogP contribution < -0.4 is 4.74 Å². The molecule has 0 aromatic heterocycles. The van der Waals surface area contributed by atoms with Gasteiger partial charge in [0.1, 0.15) is 11.1 Å². The molecule has 0 saturated carbocycles. The number of rotatable bonds is 3. The number of hydrogen-bond acceptors (Lipinski definition) is 1. The van der Waals surface area contributed by atoms with Crippen LogP contribution in [-0.4, -0.2) is 5.34 Å². The van der Waals surface area contributed by atoms with Crippen LogP contribution in [0.2, 0.25) is 0 Å². The van der Waals surface area contributed by atoms with Crippen molar-refractivity contribution >= 4 is 20.0 Å². The van der Waals surface area contributed by atoms with Gasteiger partial charge in [-0.25, -0.2) is 0 Å². The maximum atomic E-state index is 5.92. The first kappa shape index (κ1) is 11.4. The largest absolute Gasteiger partial charge is 0.484 e. The zero-order valence-electron chi connectivity index (χ0n) is 9.73. The van der Waals surface area contributed by atoms with Gasteiger partial charge in [-0.05, 0) is 36.2 Å². The molecule has 2 rings (SSSR count). The molecular weight excluding hydrogens is 215 g/mol. The third-order valence-corrected chi connectivity index (χ3v) is 3.30. The number of ether oxygens (including phenoxy) is 1. The van der Waals surface area contributed by atoms with E-state index >= 15 is 0 Å². The molecule has 2 heteroatoms. The first-order valence-corrected chi connectivity index (χ1v) is 6.15. The van der Waals surface area contributed by atoms with Crippen LogP contribution in [0, 0.1) is 0 Å². The molecule has 0 bridgehead atoms. The Kier molecular flexibility index (Phi) is 3.16. The number of fused-ring (bicyclic) bond motifs is 1. The molecule has 0 fully saturated rings. The Morgan fingerprint density at radius 3 is 2.50 bits per heavy atom. The molecule has 2 atom stereocenters. The summed E-state index contributed by atoms with van der Waals surface area (Å²) in [7, 11) is 2.76. The van der Waals surface area contributed by atoms with Gasteiger partial charge in [0.15, 0.2) is 0 Å². The van der Waals surface area contributed by atoms with Crippen LogP contribution >= 0.6 is 9.24 Å². The summed E-state index contributed by atoms with van der Waals surface area (Å²) < 4.78 is 5.92. The highest BCUT2D eigenvalue weighted by molar-refractivity contribution is 7.18. The molecule has 2 aromatic carbocycles. The van der Waals surface area contributed by atoms with Crippen LogP contribution in [0.4, 0.5) is 0 Å². The van der Waals surface area contributed by atoms with Crippen molar-refractivity contribution in [2.24, 2.45) is 0 Å². The van der Waals surface area contributed by atoms with Crippen molar-refractivity contribution in [3.8, 4) is 5.75 Å². The summed E-state index contributed by atoms with van der Waals surface area (Å²) in [5, 5.41) is 2.29. The van der Waals surface area contributed by atoms with Gasteiger partial charge in [-0.2, -0.15) is 0 Å². The molecule has 0 aliphatic carbocycles. The van der Waals surface area contributed by atoms with Crippen molar-refractivity contribution in [2.45, 2.75) is 25.6 Å². The third kappa shape index (κ3) is 2.54. The van der Waals surface area contributed by atoms with Gasteiger partial charge in [-0.1, -0.05) is 46.5 Å². The molecule has 16 heavy (non-hydrogen) atoms. The molecule has 84 valence electrons. The lowest BCUT2D eigenvalue weighted by atomic mass is 10.1. The molecular formula is C14H17OP. The van der Waals surface area contributed by atoms with Crippen molar-refractivity contribution in [2.75, 3.05) is 0 Å². The quantitative estimate of drug-likeness (QED) is 0.720. The maximum absolute atomic E-state index is 5.92. The Bertz CT molecular complexity index is 491. The fourth-order valence-electron chi connectivity index (χ4n) is 1.57. The smallest absolute Gasteiger partial charge is 0.121 e. The van der Waals surface area contributed by atoms with Gasteiger partial charge in [0, 0.05) is 0 Å². The summed E-state index contributed by atoms with van der Waals surface area (Å²) in [6.45, 7) is 4.20. The van der Waals surface area contributed by atoms with E-state index in [1.54, 1.807) is 0 Å². The predicted molar refractivity (Wildman–Crippen MR) is 73.0 cm³/mol. The summed E-state index contributed by atoms with van der Waals surface area (Å²) in [6.07, 6.45) is 0.963. The summed E-state index contributed by atoms with van der Waals surface area (Å²) >= 11 is 0. The Labute approximate surface area is 99.0 Å². The lowest BCUT2D eigenvalue weighted by molar-refractivity contribution is 0.181. The maximum Gasteiger partial charge on any atom is 0.121 e. The predicted octanol–water partition coefficient (Wildman–Crippen LogP) is 4.22. The first-order valence-electron chi connectivity index (χ1n) is 5.57. The van der Waals surface area contributed by atoms with Gasteiger partial charge < -0.3 is 4.74 Å². The molecule has 0 saturated heterocycles. The van der Waals surface area contributed by atoms with E-state index < -0.39 is 0 Å². The highest BCUT2D eigenvalue weighted by Gasteiger charge is 2.16. The van der Waals surface area contributed by atoms with E-state index in [2.05, 4.69) is 53.4 Å². The standard InChI is InChI=1S/C14H17OP/c1-3-14(2,16)15-13-9-8-11-6-4-5-7-12(11)10-13/h4-10H,3,16H2,1-2H3. The van der Waals surface area contributed by atoms with Crippen molar-refractivity contribution in [3.63, 3.8) is 0 Å². The second-order valence-electron chi connectivity index (χ2n) is 4.28. The molecule has 0 spiro atoms. The normalized spacial score (nSPS) is 14.7. The van der Waals surface area contributed by atoms with Crippen LogP contribution in [0.1, 0.15) is 20.3 Å². The molecule has 0 radical (unpaired) electrons. The highest BCUT2D eigenvalue weighted by Crippen LogP contribution is 2.29. The fourth-order valence-corrected chi connectivity index (χ4v) is 1.71. The highest BCUT2D eigenvalue weighted by atomic mass is 31.0. The second-order valence-corrected chi connectivity index (χ2v) is 5.50. The molecule has 0 aliphatic heterocycles. The van der Waals surface area contributed by atoms with Gasteiger partial charge in [-0.3, -0.25) is 0 Å². The minimum absolute atomic E-state index is 0.178. The molecule has 0 aliphatic rings. The zero-order chi connectivity index (χ0) is 11.6. The van der Waals surface area contributed by atoms with Gasteiger partial charge >= 0.3 is 0 Å². The van der Waals surface area contributed by atoms with Crippen LogP contribution in [-0.2, 0) is 0 Å². The molecule has 0 heterocycles. The van der Waals surface area contributed by atoms with Gasteiger partial charge in [0.05, 0.1) is 0 Å². The molecule has 0 N–H and O–H groups in total. The van der Waals surface area contributed by atoms with Gasteiger partial charge in [-0.15, -0.1) is 0 Å². The zero-order valence-corrected chi connectivity index (χ0v) is 10.9. The van der Waals surface area contributed by atoms with Gasteiger partial charge in [0.25, 0.3) is 0 Å². The Balaban J connectivity index is 2.33. The summed E-state index contributed by atoms with van der Waals surface area (Å²) in [5.41, 5.74) is 0. The van der Waals surface area contributed by atoms with E-state index in [1.807, 2.05) is 12.1 Å². The van der Waals surface area contributed by atoms with Crippen LogP contribution in [0.15, 0.2) is 42.5 Å². The van der Waals surface area contributed by atoms with E-state index in [-0.39, 0.29) is 5.34 Å². The average Bonchev–Trinajstić information content (AvgIpc) is 2.28.